The van der Waals surface area contributed by atoms with Crippen molar-refractivity contribution in [2.75, 3.05) is 18.5 Å². The van der Waals surface area contributed by atoms with Crippen LogP contribution in [0.3, 0.4) is 0 Å². The summed E-state index contributed by atoms with van der Waals surface area (Å²) in [4.78, 5) is 11.8. The Bertz CT molecular complexity index is 459. The van der Waals surface area contributed by atoms with Gasteiger partial charge in [-0.25, -0.2) is 0 Å². The molecule has 0 radical (unpaired) electrons. The average molecular weight is 260 g/mol. The van der Waals surface area contributed by atoms with Crippen LogP contribution in [0.25, 0.3) is 0 Å². The van der Waals surface area contributed by atoms with Gasteiger partial charge in [0.15, 0.2) is 6.61 Å². The fraction of sp³-hybridized carbons (Fsp3) is 0.429. The summed E-state index contributed by atoms with van der Waals surface area (Å²) in [5.41, 5.74) is 0.715. The van der Waals surface area contributed by atoms with E-state index in [1.807, 2.05) is 6.07 Å². The zero-order valence-electron chi connectivity index (χ0n) is 10.6. The Morgan fingerprint density at radius 3 is 2.89 bits per heavy atom. The van der Waals surface area contributed by atoms with Gasteiger partial charge in [-0.05, 0) is 37.1 Å². The second kappa shape index (κ2) is 6.76. The Morgan fingerprint density at radius 2 is 2.26 bits per heavy atom. The first kappa shape index (κ1) is 13.4. The zero-order valence-corrected chi connectivity index (χ0v) is 10.6. The Labute approximate surface area is 112 Å². The highest BCUT2D eigenvalue weighted by atomic mass is 16.5. The van der Waals surface area contributed by atoms with Crippen LogP contribution in [0, 0.1) is 11.3 Å². The number of rotatable bonds is 5. The van der Waals surface area contributed by atoms with E-state index in [-0.39, 0.29) is 18.6 Å². The molecule has 0 saturated carbocycles. The van der Waals surface area contributed by atoms with E-state index in [1.165, 1.54) is 0 Å². The van der Waals surface area contributed by atoms with Gasteiger partial charge in [0.05, 0.1) is 12.5 Å². The minimum absolute atomic E-state index is 0.0186. The molecule has 100 valence electrons. The highest BCUT2D eigenvalue weighted by Gasteiger charge is 2.18. The van der Waals surface area contributed by atoms with Gasteiger partial charge in [-0.15, -0.1) is 0 Å². The Hall–Kier alpha value is -2.06. The van der Waals surface area contributed by atoms with Crippen molar-refractivity contribution in [3.8, 4) is 11.8 Å². The summed E-state index contributed by atoms with van der Waals surface area (Å²) in [6, 6.07) is 8.84. The largest absolute Gasteiger partial charge is 0.479 e. The van der Waals surface area contributed by atoms with Crippen LogP contribution in [0.4, 0.5) is 5.69 Å². The second-order valence-electron chi connectivity index (χ2n) is 4.36. The van der Waals surface area contributed by atoms with Gasteiger partial charge >= 0.3 is 0 Å². The Balaban J connectivity index is 1.81. The topological polar surface area (TPSA) is 71.3 Å². The second-order valence-corrected chi connectivity index (χ2v) is 4.36. The first-order chi connectivity index (χ1) is 9.28. The molecule has 5 heteroatoms. The quantitative estimate of drug-likeness (QED) is 0.880. The lowest BCUT2D eigenvalue weighted by Crippen LogP contribution is -2.19. The molecule has 2 rings (SSSR count). The molecular weight excluding hydrogens is 244 g/mol. The van der Waals surface area contributed by atoms with Gasteiger partial charge in [-0.3, -0.25) is 4.79 Å². The molecule has 0 spiro atoms. The Morgan fingerprint density at radius 1 is 1.47 bits per heavy atom. The van der Waals surface area contributed by atoms with E-state index in [9.17, 15) is 4.79 Å². The van der Waals surface area contributed by atoms with E-state index >= 15 is 0 Å². The third-order valence-electron chi connectivity index (χ3n) is 2.88. The molecule has 1 unspecified atom stereocenters. The number of hydrogen-bond donors (Lipinski definition) is 1. The first-order valence-corrected chi connectivity index (χ1v) is 6.29. The standard InChI is InChI=1S/C14H16N2O3/c15-7-9-19-12-5-3-11(4-6-12)16-14(17)10-13-2-1-8-18-13/h3-6,13H,1-2,8-10H2,(H,16,17). The number of nitrogens with one attached hydrogen (secondary N) is 1. The molecule has 0 bridgehead atoms. The molecule has 1 aliphatic rings. The molecule has 1 atom stereocenters. The lowest BCUT2D eigenvalue weighted by atomic mass is 10.2. The van der Waals surface area contributed by atoms with Crippen LogP contribution < -0.4 is 10.1 Å². The maximum atomic E-state index is 11.8. The van der Waals surface area contributed by atoms with Gasteiger partial charge < -0.3 is 14.8 Å². The van der Waals surface area contributed by atoms with Crippen LogP contribution in [0.2, 0.25) is 0 Å². The summed E-state index contributed by atoms with van der Waals surface area (Å²) < 4.78 is 10.5. The third kappa shape index (κ3) is 4.27. The number of carbonyl (C=O) groups excluding carboxylic acids is 1. The molecule has 1 amide bonds. The van der Waals surface area contributed by atoms with Crippen LogP contribution in [-0.4, -0.2) is 25.2 Å². The summed E-state index contributed by atoms with van der Waals surface area (Å²) >= 11 is 0. The van der Waals surface area contributed by atoms with E-state index in [0.29, 0.717) is 17.9 Å². The van der Waals surface area contributed by atoms with Crippen LogP contribution in [0.5, 0.6) is 5.75 Å². The fourth-order valence-electron chi connectivity index (χ4n) is 1.97. The number of nitriles is 1. The molecule has 0 aliphatic carbocycles. The van der Waals surface area contributed by atoms with Crippen LogP contribution >= 0.6 is 0 Å². The predicted octanol–water partition coefficient (Wildman–Crippen LogP) is 2.10. The van der Waals surface area contributed by atoms with Crippen LogP contribution in [0.1, 0.15) is 19.3 Å². The van der Waals surface area contributed by atoms with Crippen LogP contribution in [0.15, 0.2) is 24.3 Å². The van der Waals surface area contributed by atoms with Crippen molar-refractivity contribution >= 4 is 11.6 Å². The summed E-state index contributed by atoms with van der Waals surface area (Å²) in [6.45, 7) is 0.771. The summed E-state index contributed by atoms with van der Waals surface area (Å²) in [5, 5.41) is 11.2. The molecule has 1 heterocycles. The van der Waals surface area contributed by atoms with Gasteiger partial charge in [-0.1, -0.05) is 0 Å². The van der Waals surface area contributed by atoms with Crippen molar-refractivity contribution in [1.29, 1.82) is 5.26 Å². The molecule has 1 aromatic carbocycles. The van der Waals surface area contributed by atoms with E-state index in [0.717, 1.165) is 19.4 Å². The molecule has 0 aromatic heterocycles. The Kier molecular flexibility index (Phi) is 4.76. The van der Waals surface area contributed by atoms with Crippen molar-refractivity contribution in [2.45, 2.75) is 25.4 Å². The monoisotopic (exact) mass is 260 g/mol. The number of hydrogen-bond acceptors (Lipinski definition) is 4. The first-order valence-electron chi connectivity index (χ1n) is 6.29. The van der Waals surface area contributed by atoms with Gasteiger partial charge in [0, 0.05) is 12.3 Å². The molecule has 1 aliphatic heterocycles. The molecule has 1 fully saturated rings. The number of carbonyl (C=O) groups is 1. The van der Waals surface area contributed by atoms with Crippen LogP contribution in [-0.2, 0) is 9.53 Å². The number of ether oxygens (including phenoxy) is 2. The molecule has 19 heavy (non-hydrogen) atoms. The number of nitrogens with zero attached hydrogens (tertiary/aromatic N) is 1. The number of anilines is 1. The number of benzene rings is 1. The smallest absolute Gasteiger partial charge is 0.226 e. The van der Waals surface area contributed by atoms with Crippen molar-refractivity contribution in [3.05, 3.63) is 24.3 Å². The summed E-state index contributed by atoms with van der Waals surface area (Å²) in [5.74, 6) is 0.566. The van der Waals surface area contributed by atoms with E-state index < -0.39 is 0 Å². The SMILES string of the molecule is N#CCOc1ccc(NC(=O)CC2CCCO2)cc1. The lowest BCUT2D eigenvalue weighted by molar-refractivity contribution is -0.118. The minimum atomic E-state index is -0.0439. The van der Waals surface area contributed by atoms with E-state index in [1.54, 1.807) is 24.3 Å². The lowest BCUT2D eigenvalue weighted by Gasteiger charge is -2.10. The normalized spacial score (nSPS) is 17.7. The maximum Gasteiger partial charge on any atom is 0.226 e. The molecule has 5 nitrogen and oxygen atoms in total. The van der Waals surface area contributed by atoms with E-state index in [4.69, 9.17) is 14.7 Å². The fourth-order valence-corrected chi connectivity index (χ4v) is 1.97. The van der Waals surface area contributed by atoms with Gasteiger partial charge in [0.1, 0.15) is 11.8 Å². The minimum Gasteiger partial charge on any atom is -0.479 e. The average Bonchev–Trinajstić information content (AvgIpc) is 2.90. The summed E-state index contributed by atoms with van der Waals surface area (Å²) in [6.07, 6.45) is 2.43. The van der Waals surface area contributed by atoms with Crippen molar-refractivity contribution in [3.63, 3.8) is 0 Å². The number of amides is 1. The maximum absolute atomic E-state index is 11.8. The van der Waals surface area contributed by atoms with Gasteiger partial charge in [0.25, 0.3) is 0 Å². The predicted molar refractivity (Wildman–Crippen MR) is 69.8 cm³/mol. The van der Waals surface area contributed by atoms with Gasteiger partial charge in [-0.2, -0.15) is 5.26 Å². The van der Waals surface area contributed by atoms with Crippen molar-refractivity contribution in [2.24, 2.45) is 0 Å². The molecule has 1 saturated heterocycles. The molecule has 1 aromatic rings. The molecular formula is C14H16N2O3. The highest BCUT2D eigenvalue weighted by Crippen LogP contribution is 2.18. The molecule has 1 N–H and O–H groups in total. The third-order valence-corrected chi connectivity index (χ3v) is 2.88. The van der Waals surface area contributed by atoms with E-state index in [2.05, 4.69) is 5.32 Å². The zero-order chi connectivity index (χ0) is 13.5. The highest BCUT2D eigenvalue weighted by molar-refractivity contribution is 5.91. The van der Waals surface area contributed by atoms with Crippen molar-refractivity contribution in [1.82, 2.24) is 0 Å². The summed E-state index contributed by atoms with van der Waals surface area (Å²) in [7, 11) is 0. The van der Waals surface area contributed by atoms with Gasteiger partial charge in [0.2, 0.25) is 5.91 Å². The van der Waals surface area contributed by atoms with Crippen molar-refractivity contribution < 1.29 is 14.3 Å².